The third kappa shape index (κ3) is 0.796. The molecule has 0 N–H and O–H groups in total. The van der Waals surface area contributed by atoms with E-state index in [9.17, 15) is 0 Å². The lowest BCUT2D eigenvalue weighted by Gasteiger charge is -1.77. The summed E-state index contributed by atoms with van der Waals surface area (Å²) in [6.07, 6.45) is 3.79. The highest BCUT2D eigenvalue weighted by molar-refractivity contribution is 4.79. The molecule has 0 spiro atoms. The fourth-order valence-electron chi connectivity index (χ4n) is 0.376. The summed E-state index contributed by atoms with van der Waals surface area (Å²) in [4.78, 5) is 3.81. The number of rotatable bonds is 1. The standard InChI is InChI=1S/C5H6NO/c1-2-5-6-3-4-7-5/h3-4H,1-2H2. The minimum absolute atomic E-state index is 0.632. The van der Waals surface area contributed by atoms with E-state index in [0.717, 1.165) is 0 Å². The average molecular weight is 96.1 g/mol. The van der Waals surface area contributed by atoms with Gasteiger partial charge in [0.15, 0.2) is 5.89 Å². The van der Waals surface area contributed by atoms with Gasteiger partial charge in [0.25, 0.3) is 0 Å². The van der Waals surface area contributed by atoms with Crippen LogP contribution in [-0.2, 0) is 6.42 Å². The van der Waals surface area contributed by atoms with E-state index in [1.54, 1.807) is 12.5 Å². The van der Waals surface area contributed by atoms with E-state index in [2.05, 4.69) is 11.9 Å². The maximum Gasteiger partial charge on any atom is 0.193 e. The van der Waals surface area contributed by atoms with Gasteiger partial charge < -0.3 is 4.42 Å². The second kappa shape index (κ2) is 1.78. The van der Waals surface area contributed by atoms with Gasteiger partial charge >= 0.3 is 0 Å². The average Bonchev–Trinajstić information content (AvgIpc) is 2.14. The van der Waals surface area contributed by atoms with E-state index in [1.165, 1.54) is 0 Å². The van der Waals surface area contributed by atoms with Crippen LogP contribution in [0.15, 0.2) is 16.9 Å². The van der Waals surface area contributed by atoms with E-state index in [-0.39, 0.29) is 0 Å². The first-order valence-electron chi connectivity index (χ1n) is 2.11. The van der Waals surface area contributed by atoms with Crippen LogP contribution in [0.2, 0.25) is 0 Å². The van der Waals surface area contributed by atoms with Gasteiger partial charge in [-0.15, -0.1) is 0 Å². The van der Waals surface area contributed by atoms with E-state index in [4.69, 9.17) is 4.42 Å². The van der Waals surface area contributed by atoms with Crippen LogP contribution in [0, 0.1) is 6.92 Å². The van der Waals surface area contributed by atoms with E-state index < -0.39 is 0 Å². The predicted molar refractivity (Wildman–Crippen MR) is 25.6 cm³/mol. The predicted octanol–water partition coefficient (Wildman–Crippen LogP) is 1.05. The SMILES string of the molecule is [CH2]Cc1ncco1. The molecule has 1 radical (unpaired) electrons. The highest BCUT2D eigenvalue weighted by atomic mass is 16.3. The topological polar surface area (TPSA) is 26.0 Å². The van der Waals surface area contributed by atoms with Crippen molar-refractivity contribution in [3.8, 4) is 0 Å². The Morgan fingerprint density at radius 1 is 1.86 bits per heavy atom. The quantitative estimate of drug-likeness (QED) is 0.522. The highest BCUT2D eigenvalue weighted by Crippen LogP contribution is 1.91. The Kier molecular flexibility index (Phi) is 1.11. The molecule has 1 aromatic rings. The number of hydrogen-bond donors (Lipinski definition) is 0. The molecule has 0 fully saturated rings. The maximum absolute atomic E-state index is 4.81. The molecule has 1 rings (SSSR count). The molecule has 1 aromatic heterocycles. The molecule has 0 atom stereocenters. The normalized spacial score (nSPS) is 9.29. The Balaban J connectivity index is 2.76. The molecule has 0 unspecified atom stereocenters. The molecule has 2 heteroatoms. The molecule has 0 aliphatic carbocycles. The van der Waals surface area contributed by atoms with Gasteiger partial charge in [-0.25, -0.2) is 4.98 Å². The number of hydrogen-bond acceptors (Lipinski definition) is 2. The molecular weight excluding hydrogens is 90.1 g/mol. The third-order valence-electron chi connectivity index (χ3n) is 0.697. The highest BCUT2D eigenvalue weighted by Gasteiger charge is 1.86. The van der Waals surface area contributed by atoms with Crippen molar-refractivity contribution < 1.29 is 4.42 Å². The third-order valence-corrected chi connectivity index (χ3v) is 0.697. The Morgan fingerprint density at radius 3 is 3.00 bits per heavy atom. The number of oxazole rings is 1. The molecule has 2 nitrogen and oxygen atoms in total. The second-order valence-corrected chi connectivity index (χ2v) is 1.18. The van der Waals surface area contributed by atoms with Crippen LogP contribution < -0.4 is 0 Å². The van der Waals surface area contributed by atoms with Gasteiger partial charge in [0.05, 0.1) is 6.20 Å². The zero-order valence-corrected chi connectivity index (χ0v) is 3.92. The monoisotopic (exact) mass is 96.0 g/mol. The molecule has 0 aromatic carbocycles. The van der Waals surface area contributed by atoms with Crippen LogP contribution >= 0.6 is 0 Å². The summed E-state index contributed by atoms with van der Waals surface area (Å²) in [5.74, 6) is 0.694. The second-order valence-electron chi connectivity index (χ2n) is 1.18. The first-order valence-corrected chi connectivity index (χ1v) is 2.11. The van der Waals surface area contributed by atoms with Gasteiger partial charge in [-0.05, 0) is 6.92 Å². The molecular formula is C5H6NO. The maximum atomic E-state index is 4.81. The fraction of sp³-hybridized carbons (Fsp3) is 0.200. The van der Waals surface area contributed by atoms with Crippen molar-refractivity contribution in [2.75, 3.05) is 0 Å². The smallest absolute Gasteiger partial charge is 0.193 e. The van der Waals surface area contributed by atoms with Crippen molar-refractivity contribution in [3.05, 3.63) is 25.3 Å². The number of aromatic nitrogens is 1. The summed E-state index contributed by atoms with van der Waals surface area (Å²) >= 11 is 0. The van der Waals surface area contributed by atoms with Crippen molar-refractivity contribution in [1.82, 2.24) is 4.98 Å². The summed E-state index contributed by atoms with van der Waals surface area (Å²) < 4.78 is 4.81. The van der Waals surface area contributed by atoms with Crippen LogP contribution in [-0.4, -0.2) is 4.98 Å². The molecule has 0 saturated carbocycles. The largest absolute Gasteiger partial charge is 0.449 e. The summed E-state index contributed by atoms with van der Waals surface area (Å²) in [6.45, 7) is 3.57. The fourth-order valence-corrected chi connectivity index (χ4v) is 0.376. The van der Waals surface area contributed by atoms with Crippen molar-refractivity contribution in [1.29, 1.82) is 0 Å². The molecule has 0 aliphatic heterocycles. The van der Waals surface area contributed by atoms with E-state index in [1.807, 2.05) is 0 Å². The summed E-state index contributed by atoms with van der Waals surface area (Å²) in [5.41, 5.74) is 0. The van der Waals surface area contributed by atoms with Gasteiger partial charge in [0.1, 0.15) is 6.26 Å². The zero-order chi connectivity index (χ0) is 5.11. The first kappa shape index (κ1) is 4.37. The van der Waals surface area contributed by atoms with Gasteiger partial charge in [0.2, 0.25) is 0 Å². The molecule has 1 heterocycles. The summed E-state index contributed by atoms with van der Waals surface area (Å²) in [6, 6.07) is 0. The Hall–Kier alpha value is -0.790. The molecule has 0 aliphatic rings. The van der Waals surface area contributed by atoms with Crippen molar-refractivity contribution in [2.24, 2.45) is 0 Å². The minimum atomic E-state index is 0.632. The molecule has 37 valence electrons. The van der Waals surface area contributed by atoms with Crippen molar-refractivity contribution in [2.45, 2.75) is 6.42 Å². The Labute approximate surface area is 42.2 Å². The lowest BCUT2D eigenvalue weighted by Crippen LogP contribution is -1.73. The van der Waals surface area contributed by atoms with E-state index >= 15 is 0 Å². The van der Waals surface area contributed by atoms with Crippen molar-refractivity contribution >= 4 is 0 Å². The van der Waals surface area contributed by atoms with Gasteiger partial charge in [0, 0.05) is 6.42 Å². The molecule has 7 heavy (non-hydrogen) atoms. The number of nitrogens with zero attached hydrogens (tertiary/aromatic N) is 1. The van der Waals surface area contributed by atoms with Crippen LogP contribution in [0.5, 0.6) is 0 Å². The van der Waals surface area contributed by atoms with Crippen molar-refractivity contribution in [3.63, 3.8) is 0 Å². The minimum Gasteiger partial charge on any atom is -0.449 e. The summed E-state index contributed by atoms with van der Waals surface area (Å²) in [5, 5.41) is 0. The van der Waals surface area contributed by atoms with Crippen LogP contribution in [0.1, 0.15) is 5.89 Å². The van der Waals surface area contributed by atoms with E-state index in [0.29, 0.717) is 12.3 Å². The van der Waals surface area contributed by atoms with Crippen LogP contribution in [0.4, 0.5) is 0 Å². The zero-order valence-electron chi connectivity index (χ0n) is 3.92. The molecule has 0 amide bonds. The lowest BCUT2D eigenvalue weighted by molar-refractivity contribution is 0.508. The first-order chi connectivity index (χ1) is 3.43. The molecule has 0 bridgehead atoms. The van der Waals surface area contributed by atoms with Gasteiger partial charge in [-0.2, -0.15) is 0 Å². The van der Waals surface area contributed by atoms with Gasteiger partial charge in [-0.3, -0.25) is 0 Å². The molecule has 0 saturated heterocycles. The Morgan fingerprint density at radius 2 is 2.71 bits per heavy atom. The van der Waals surface area contributed by atoms with Gasteiger partial charge in [-0.1, -0.05) is 0 Å². The van der Waals surface area contributed by atoms with Crippen LogP contribution in [0.3, 0.4) is 0 Å². The Bertz CT molecular complexity index is 123. The summed E-state index contributed by atoms with van der Waals surface area (Å²) in [7, 11) is 0. The lowest BCUT2D eigenvalue weighted by atomic mass is 10.5. The van der Waals surface area contributed by atoms with Crippen LogP contribution in [0.25, 0.3) is 0 Å².